The number of nitrogen functional groups attached to an aromatic ring is 1. The first kappa shape index (κ1) is 30.3. The molecular formula is C24H31N7O8S2. The van der Waals surface area contributed by atoms with Crippen molar-refractivity contribution in [2.45, 2.75) is 25.8 Å². The molecule has 1 amide bonds. The van der Waals surface area contributed by atoms with Crippen LogP contribution in [0.5, 0.6) is 5.75 Å². The molecule has 0 bridgehead atoms. The summed E-state index contributed by atoms with van der Waals surface area (Å²) in [5.41, 5.74) is 5.29. The van der Waals surface area contributed by atoms with Gasteiger partial charge >= 0.3 is 10.4 Å². The number of ether oxygens (including phenoxy) is 1. The quantitative estimate of drug-likeness (QED) is 0.0654. The zero-order valence-corrected chi connectivity index (χ0v) is 24.0. The van der Waals surface area contributed by atoms with Crippen molar-refractivity contribution in [3.63, 3.8) is 0 Å². The Bertz CT molecular complexity index is 1420. The number of piperazine rings is 1. The maximum absolute atomic E-state index is 13.1. The number of hydrogen-bond acceptors (Lipinski definition) is 13. The number of carbonyl (C=O) groups excluding carboxylic acids is 2. The van der Waals surface area contributed by atoms with E-state index in [0.717, 1.165) is 43.1 Å². The van der Waals surface area contributed by atoms with Gasteiger partial charge in [0.2, 0.25) is 0 Å². The summed E-state index contributed by atoms with van der Waals surface area (Å²) in [6.45, 7) is 6.32. The van der Waals surface area contributed by atoms with Gasteiger partial charge in [-0.25, -0.2) is 4.98 Å². The molecule has 1 unspecified atom stereocenters. The summed E-state index contributed by atoms with van der Waals surface area (Å²) < 4.78 is 41.0. The van der Waals surface area contributed by atoms with Crippen LogP contribution in [0.2, 0.25) is 0 Å². The Morgan fingerprint density at radius 2 is 1.95 bits per heavy atom. The molecule has 0 aliphatic carbocycles. The van der Waals surface area contributed by atoms with E-state index in [-0.39, 0.29) is 36.2 Å². The highest BCUT2D eigenvalue weighted by Crippen LogP contribution is 2.40. The van der Waals surface area contributed by atoms with Crippen LogP contribution in [0.1, 0.15) is 31.5 Å². The third-order valence-corrected chi connectivity index (χ3v) is 7.63. The molecule has 2 aliphatic heterocycles. The number of Topliss-reactive ketones (excluding diaryl/α,β-unsaturated/α-hetero) is 1. The summed E-state index contributed by atoms with van der Waals surface area (Å²) in [5.74, 6) is -1.29. The summed E-state index contributed by atoms with van der Waals surface area (Å²) >= 11 is 1.09. The number of carbonyl (C=O) groups is 2. The van der Waals surface area contributed by atoms with Crippen LogP contribution in [0.3, 0.4) is 0 Å². The molecule has 2 aromatic rings. The van der Waals surface area contributed by atoms with Crippen molar-refractivity contribution in [1.82, 2.24) is 20.3 Å². The van der Waals surface area contributed by atoms with E-state index < -0.39 is 33.5 Å². The van der Waals surface area contributed by atoms with E-state index in [9.17, 15) is 18.0 Å². The number of rotatable bonds is 12. The molecule has 0 spiro atoms. The lowest BCUT2D eigenvalue weighted by atomic mass is 9.74. The molecule has 0 saturated carbocycles. The number of benzene rings is 1. The summed E-state index contributed by atoms with van der Waals surface area (Å²) in [4.78, 5) is 37.0. The Kier molecular flexibility index (Phi) is 9.23. The van der Waals surface area contributed by atoms with Crippen LogP contribution < -0.4 is 15.8 Å². The zero-order valence-electron chi connectivity index (χ0n) is 22.4. The number of thiazole rings is 1. The second-order valence-corrected chi connectivity index (χ2v) is 11.7. The fraction of sp³-hybridized carbons (Fsp3) is 0.458. The fourth-order valence-corrected chi connectivity index (χ4v) is 5.37. The number of aromatic nitrogens is 1. The average Bonchev–Trinajstić information content (AvgIpc) is 3.37. The van der Waals surface area contributed by atoms with E-state index in [0.29, 0.717) is 16.6 Å². The summed E-state index contributed by atoms with van der Waals surface area (Å²) in [6, 6.07) is 7.14. The number of anilines is 1. The van der Waals surface area contributed by atoms with E-state index in [1.165, 1.54) is 19.2 Å². The Morgan fingerprint density at radius 1 is 1.27 bits per heavy atom. The predicted molar refractivity (Wildman–Crippen MR) is 149 cm³/mol. The Hall–Kier alpha value is -3.64. The lowest BCUT2D eigenvalue weighted by Gasteiger charge is -2.50. The molecule has 222 valence electrons. The molecule has 5 N–H and O–H groups in total. The van der Waals surface area contributed by atoms with Crippen LogP contribution in [0.25, 0.3) is 0 Å². The van der Waals surface area contributed by atoms with Gasteiger partial charge in [0.05, 0.1) is 11.5 Å². The van der Waals surface area contributed by atoms with Crippen molar-refractivity contribution < 1.29 is 36.4 Å². The van der Waals surface area contributed by atoms with Crippen LogP contribution in [0.4, 0.5) is 5.13 Å². The summed E-state index contributed by atoms with van der Waals surface area (Å²) in [6.07, 6.45) is -0.345. The maximum Gasteiger partial charge on any atom is 0.418 e. The van der Waals surface area contributed by atoms with Gasteiger partial charge in [0.15, 0.2) is 23.2 Å². The molecule has 41 heavy (non-hydrogen) atoms. The van der Waals surface area contributed by atoms with E-state index in [4.69, 9.17) is 25.3 Å². The van der Waals surface area contributed by atoms with E-state index in [2.05, 4.69) is 19.7 Å². The number of amidine groups is 1. The van der Waals surface area contributed by atoms with Crippen LogP contribution in [-0.2, 0) is 29.1 Å². The number of hydrogen-bond donors (Lipinski definition) is 4. The standard InChI is InChI=1S/C24H31N7O8S2/c1-24(2)17(22(33)31(24)39-41(34,35)36)13-19(32)20(18-14-40-23(26)28-18)29-38-12-11-37-16-5-3-15(4-6-16)21(25)30-9-7-27-8-10-30/h3-6,14,17,25,27H,7-13H2,1-2H3,(H2,26,28)(H,34,35,36)/b25-21?,29-20-. The second kappa shape index (κ2) is 12.5. The number of nitrogens with two attached hydrogens (primary N) is 1. The van der Waals surface area contributed by atoms with Gasteiger partial charge in [-0.3, -0.25) is 19.6 Å². The monoisotopic (exact) mass is 609 g/mol. The fourth-order valence-electron chi connectivity index (χ4n) is 4.37. The highest BCUT2D eigenvalue weighted by atomic mass is 32.3. The summed E-state index contributed by atoms with van der Waals surface area (Å²) in [7, 11) is -4.92. The molecular weight excluding hydrogens is 578 g/mol. The number of amides is 1. The number of β-lactam (4-membered cyclic amide) rings is 1. The van der Waals surface area contributed by atoms with Crippen molar-refractivity contribution in [3.05, 3.63) is 40.9 Å². The minimum atomic E-state index is -4.92. The van der Waals surface area contributed by atoms with Crippen molar-refractivity contribution in [3.8, 4) is 5.75 Å². The van der Waals surface area contributed by atoms with Crippen molar-refractivity contribution in [2.75, 3.05) is 45.1 Å². The number of ketones is 1. The Labute approximate surface area is 240 Å². The Morgan fingerprint density at radius 3 is 2.54 bits per heavy atom. The zero-order chi connectivity index (χ0) is 29.8. The highest BCUT2D eigenvalue weighted by Gasteiger charge is 2.57. The molecule has 0 radical (unpaired) electrons. The van der Waals surface area contributed by atoms with E-state index in [1.54, 1.807) is 12.1 Å². The molecule has 4 rings (SSSR count). The third-order valence-electron chi connectivity index (χ3n) is 6.62. The number of hydroxylamine groups is 2. The normalized spacial score (nSPS) is 19.0. The van der Waals surface area contributed by atoms with Crippen molar-refractivity contribution in [2.24, 2.45) is 11.1 Å². The van der Waals surface area contributed by atoms with Crippen LogP contribution in [-0.4, -0.2) is 96.1 Å². The largest absolute Gasteiger partial charge is 0.490 e. The van der Waals surface area contributed by atoms with Crippen LogP contribution in [0, 0.1) is 11.3 Å². The number of nitrogens with one attached hydrogen (secondary N) is 2. The molecule has 3 heterocycles. The van der Waals surface area contributed by atoms with Gasteiger partial charge in [0.1, 0.15) is 23.9 Å². The molecule has 2 saturated heterocycles. The van der Waals surface area contributed by atoms with Gasteiger partial charge in [-0.05, 0) is 38.1 Å². The predicted octanol–water partition coefficient (Wildman–Crippen LogP) is 0.686. The average molecular weight is 610 g/mol. The Balaban J connectivity index is 1.33. The first-order valence-electron chi connectivity index (χ1n) is 12.6. The molecule has 17 heteroatoms. The van der Waals surface area contributed by atoms with Gasteiger partial charge in [0, 0.05) is 43.5 Å². The molecule has 1 atom stereocenters. The third kappa shape index (κ3) is 7.36. The highest BCUT2D eigenvalue weighted by molar-refractivity contribution is 7.80. The smallest absolute Gasteiger partial charge is 0.418 e. The molecule has 2 fully saturated rings. The van der Waals surface area contributed by atoms with Crippen molar-refractivity contribution in [1.29, 1.82) is 5.41 Å². The number of oxime groups is 1. The van der Waals surface area contributed by atoms with E-state index in [1.807, 2.05) is 17.0 Å². The topological polar surface area (TPSA) is 210 Å². The van der Waals surface area contributed by atoms with Gasteiger partial charge in [-0.1, -0.05) is 5.16 Å². The lowest BCUT2D eigenvalue weighted by Crippen LogP contribution is -2.68. The molecule has 15 nitrogen and oxygen atoms in total. The summed E-state index contributed by atoms with van der Waals surface area (Å²) in [5, 5.41) is 17.8. The molecule has 1 aromatic heterocycles. The van der Waals surface area contributed by atoms with Gasteiger partial charge < -0.3 is 25.5 Å². The van der Waals surface area contributed by atoms with Crippen LogP contribution >= 0.6 is 11.3 Å². The second-order valence-electron chi connectivity index (χ2n) is 9.77. The molecule has 1 aromatic carbocycles. The number of nitrogens with zero attached hydrogens (tertiary/aromatic N) is 4. The minimum Gasteiger partial charge on any atom is -0.490 e. The minimum absolute atomic E-state index is 0.0153. The van der Waals surface area contributed by atoms with Gasteiger partial charge in [-0.2, -0.15) is 13.5 Å². The van der Waals surface area contributed by atoms with Gasteiger partial charge in [0.25, 0.3) is 5.91 Å². The maximum atomic E-state index is 13.1. The van der Waals surface area contributed by atoms with E-state index >= 15 is 0 Å². The lowest BCUT2D eigenvalue weighted by molar-refractivity contribution is -0.228. The molecule has 2 aliphatic rings. The van der Waals surface area contributed by atoms with Crippen molar-refractivity contribution >= 4 is 50.1 Å². The first-order chi connectivity index (χ1) is 19.4. The first-order valence-corrected chi connectivity index (χ1v) is 14.8. The SMILES string of the molecule is CC1(C)C(CC(=O)/C(=N\OCCOc2ccc(C(=N)N3CCNCC3)cc2)c2csc(N)n2)C(=O)N1OS(=O)(=O)O. The van der Waals surface area contributed by atoms with Gasteiger partial charge in [-0.15, -0.1) is 15.6 Å². The van der Waals surface area contributed by atoms with Crippen LogP contribution in [0.15, 0.2) is 34.8 Å².